The molecule has 0 aromatic rings. The first-order valence-corrected chi connectivity index (χ1v) is 5.47. The molecule has 0 heterocycles. The fourth-order valence-corrected chi connectivity index (χ4v) is 1.73. The molecule has 0 aromatic heterocycles. The molecule has 0 aliphatic rings. The Morgan fingerprint density at radius 2 is 1.92 bits per heavy atom. The summed E-state index contributed by atoms with van der Waals surface area (Å²) in [5.41, 5.74) is 0. The van der Waals surface area contributed by atoms with E-state index < -0.39 is 0 Å². The summed E-state index contributed by atoms with van der Waals surface area (Å²) in [5.74, 6) is 1.29. The standard InChI is InChI=1S/C9H19BrO2/c1-8(2)9(6-10)7-12-5-4-11-3/h8-9H,4-7H2,1-3H3. The molecule has 0 spiro atoms. The molecule has 0 radical (unpaired) electrons. The van der Waals surface area contributed by atoms with E-state index in [0.29, 0.717) is 25.0 Å². The van der Waals surface area contributed by atoms with Gasteiger partial charge >= 0.3 is 0 Å². The second-order valence-electron chi connectivity index (χ2n) is 3.23. The van der Waals surface area contributed by atoms with E-state index in [1.807, 2.05) is 0 Å². The molecule has 0 N–H and O–H groups in total. The normalized spacial score (nSPS) is 13.8. The van der Waals surface area contributed by atoms with Crippen LogP contribution in [0.3, 0.4) is 0 Å². The summed E-state index contributed by atoms with van der Waals surface area (Å²) in [6.07, 6.45) is 0. The van der Waals surface area contributed by atoms with E-state index >= 15 is 0 Å². The van der Waals surface area contributed by atoms with Gasteiger partial charge in [-0.15, -0.1) is 0 Å². The second kappa shape index (κ2) is 8.02. The van der Waals surface area contributed by atoms with E-state index in [-0.39, 0.29) is 0 Å². The zero-order valence-electron chi connectivity index (χ0n) is 8.18. The molecule has 0 saturated carbocycles. The van der Waals surface area contributed by atoms with Crippen molar-refractivity contribution in [2.75, 3.05) is 32.3 Å². The van der Waals surface area contributed by atoms with Crippen molar-refractivity contribution in [3.8, 4) is 0 Å². The molecule has 0 aromatic carbocycles. The Hall–Kier alpha value is 0.400. The minimum Gasteiger partial charge on any atom is -0.382 e. The molecule has 74 valence electrons. The van der Waals surface area contributed by atoms with Gasteiger partial charge in [0.05, 0.1) is 19.8 Å². The van der Waals surface area contributed by atoms with Crippen LogP contribution in [-0.4, -0.2) is 32.3 Å². The van der Waals surface area contributed by atoms with E-state index in [0.717, 1.165) is 11.9 Å². The van der Waals surface area contributed by atoms with Gasteiger partial charge in [-0.25, -0.2) is 0 Å². The molecule has 3 heteroatoms. The van der Waals surface area contributed by atoms with Crippen LogP contribution in [0.5, 0.6) is 0 Å². The van der Waals surface area contributed by atoms with Crippen molar-refractivity contribution in [1.82, 2.24) is 0 Å². The molecule has 0 aliphatic carbocycles. The van der Waals surface area contributed by atoms with E-state index in [1.54, 1.807) is 7.11 Å². The van der Waals surface area contributed by atoms with Gasteiger partial charge in [-0.05, 0) is 11.8 Å². The summed E-state index contributed by atoms with van der Waals surface area (Å²) in [4.78, 5) is 0. The van der Waals surface area contributed by atoms with Crippen LogP contribution in [0.15, 0.2) is 0 Å². The van der Waals surface area contributed by atoms with Crippen LogP contribution in [0.2, 0.25) is 0 Å². The van der Waals surface area contributed by atoms with Crippen molar-refractivity contribution < 1.29 is 9.47 Å². The SMILES string of the molecule is COCCOCC(CBr)C(C)C. The molecule has 0 aliphatic heterocycles. The average Bonchev–Trinajstić information content (AvgIpc) is 2.04. The lowest BCUT2D eigenvalue weighted by atomic mass is 9.99. The molecule has 12 heavy (non-hydrogen) atoms. The van der Waals surface area contributed by atoms with Crippen LogP contribution in [0.4, 0.5) is 0 Å². The predicted molar refractivity (Wildman–Crippen MR) is 54.8 cm³/mol. The first kappa shape index (κ1) is 12.4. The second-order valence-corrected chi connectivity index (χ2v) is 3.87. The minimum absolute atomic E-state index is 0.613. The van der Waals surface area contributed by atoms with E-state index in [1.165, 1.54) is 0 Å². The van der Waals surface area contributed by atoms with Crippen LogP contribution >= 0.6 is 15.9 Å². The number of alkyl halides is 1. The predicted octanol–water partition coefficient (Wildman–Crippen LogP) is 2.32. The van der Waals surface area contributed by atoms with Crippen LogP contribution < -0.4 is 0 Å². The van der Waals surface area contributed by atoms with Gasteiger partial charge in [0.15, 0.2) is 0 Å². The number of halogens is 1. The smallest absolute Gasteiger partial charge is 0.0700 e. The van der Waals surface area contributed by atoms with Crippen molar-refractivity contribution in [3.05, 3.63) is 0 Å². The third kappa shape index (κ3) is 5.98. The van der Waals surface area contributed by atoms with Gasteiger partial charge in [0, 0.05) is 12.4 Å². The van der Waals surface area contributed by atoms with E-state index in [2.05, 4.69) is 29.8 Å². The van der Waals surface area contributed by atoms with Crippen molar-refractivity contribution in [3.63, 3.8) is 0 Å². The van der Waals surface area contributed by atoms with Crippen LogP contribution in [-0.2, 0) is 9.47 Å². The average molecular weight is 239 g/mol. The van der Waals surface area contributed by atoms with Crippen molar-refractivity contribution in [2.45, 2.75) is 13.8 Å². The molecule has 0 rings (SSSR count). The zero-order valence-corrected chi connectivity index (χ0v) is 9.76. The summed E-state index contributed by atoms with van der Waals surface area (Å²) in [6.45, 7) is 6.64. The van der Waals surface area contributed by atoms with Gasteiger partial charge in [-0.3, -0.25) is 0 Å². The Morgan fingerprint density at radius 3 is 2.33 bits per heavy atom. The Bertz CT molecular complexity index is 96.5. The molecular formula is C9H19BrO2. The fraction of sp³-hybridized carbons (Fsp3) is 1.00. The summed E-state index contributed by atoms with van der Waals surface area (Å²) in [7, 11) is 1.69. The molecular weight excluding hydrogens is 220 g/mol. The highest BCUT2D eigenvalue weighted by Crippen LogP contribution is 2.13. The van der Waals surface area contributed by atoms with Crippen LogP contribution in [0, 0.1) is 11.8 Å². The number of hydrogen-bond acceptors (Lipinski definition) is 2. The lowest BCUT2D eigenvalue weighted by Crippen LogP contribution is -2.18. The number of rotatable bonds is 7. The Labute approximate surface area is 83.8 Å². The Kier molecular flexibility index (Phi) is 8.29. The Balaban J connectivity index is 3.32. The first-order chi connectivity index (χ1) is 5.72. The molecule has 1 unspecified atom stereocenters. The third-order valence-corrected chi connectivity index (χ3v) is 2.74. The largest absolute Gasteiger partial charge is 0.382 e. The summed E-state index contributed by atoms with van der Waals surface area (Å²) >= 11 is 3.47. The van der Waals surface area contributed by atoms with Gasteiger partial charge in [-0.2, -0.15) is 0 Å². The van der Waals surface area contributed by atoms with Crippen molar-refractivity contribution in [1.29, 1.82) is 0 Å². The quantitative estimate of drug-likeness (QED) is 0.501. The highest BCUT2D eigenvalue weighted by Gasteiger charge is 2.11. The first-order valence-electron chi connectivity index (χ1n) is 4.35. The van der Waals surface area contributed by atoms with Crippen molar-refractivity contribution in [2.24, 2.45) is 11.8 Å². The monoisotopic (exact) mass is 238 g/mol. The van der Waals surface area contributed by atoms with Gasteiger partial charge < -0.3 is 9.47 Å². The molecule has 2 nitrogen and oxygen atoms in total. The van der Waals surface area contributed by atoms with Gasteiger partial charge in [0.25, 0.3) is 0 Å². The van der Waals surface area contributed by atoms with Gasteiger partial charge in [-0.1, -0.05) is 29.8 Å². The van der Waals surface area contributed by atoms with Crippen molar-refractivity contribution >= 4 is 15.9 Å². The maximum atomic E-state index is 5.43. The lowest BCUT2D eigenvalue weighted by Gasteiger charge is -2.17. The maximum absolute atomic E-state index is 5.43. The number of ether oxygens (including phenoxy) is 2. The molecule has 0 bridgehead atoms. The molecule has 0 saturated heterocycles. The number of methoxy groups -OCH3 is 1. The topological polar surface area (TPSA) is 18.5 Å². The van der Waals surface area contributed by atoms with Crippen LogP contribution in [0.1, 0.15) is 13.8 Å². The highest BCUT2D eigenvalue weighted by atomic mass is 79.9. The maximum Gasteiger partial charge on any atom is 0.0700 e. The third-order valence-electron chi connectivity index (χ3n) is 1.90. The highest BCUT2D eigenvalue weighted by molar-refractivity contribution is 9.09. The van der Waals surface area contributed by atoms with E-state index in [4.69, 9.17) is 9.47 Å². The number of hydrogen-bond donors (Lipinski definition) is 0. The fourth-order valence-electron chi connectivity index (χ4n) is 0.792. The van der Waals surface area contributed by atoms with E-state index in [9.17, 15) is 0 Å². The summed E-state index contributed by atoms with van der Waals surface area (Å²) in [6, 6.07) is 0. The summed E-state index contributed by atoms with van der Waals surface area (Å²) < 4.78 is 10.3. The zero-order chi connectivity index (χ0) is 9.40. The summed E-state index contributed by atoms with van der Waals surface area (Å²) in [5, 5.41) is 1.01. The van der Waals surface area contributed by atoms with Gasteiger partial charge in [0.1, 0.15) is 0 Å². The lowest BCUT2D eigenvalue weighted by molar-refractivity contribution is 0.0474. The Morgan fingerprint density at radius 1 is 1.25 bits per heavy atom. The molecule has 0 fully saturated rings. The molecule has 1 atom stereocenters. The van der Waals surface area contributed by atoms with Crippen LogP contribution in [0.25, 0.3) is 0 Å². The minimum atomic E-state index is 0.613. The van der Waals surface area contributed by atoms with Gasteiger partial charge in [0.2, 0.25) is 0 Å². The molecule has 0 amide bonds.